The van der Waals surface area contributed by atoms with E-state index in [1.54, 1.807) is 32.5 Å². The highest BCUT2D eigenvalue weighted by atomic mass is 32.2. The minimum absolute atomic E-state index is 0.0433. The first-order chi connectivity index (χ1) is 27.1. The van der Waals surface area contributed by atoms with Gasteiger partial charge in [-0.15, -0.1) is 0 Å². The normalized spacial score (nSPS) is 18.5. The molecule has 4 aromatic rings. The molecule has 1 aromatic heterocycles. The maximum Gasteiger partial charge on any atom is 0.288 e. The Bertz CT molecular complexity index is 2210. The van der Waals surface area contributed by atoms with Gasteiger partial charge in [0.2, 0.25) is 23.1 Å². The number of piperazine rings is 1. The Hall–Kier alpha value is -5.13. The fraction of sp³-hybridized carbons (Fsp3) is 0.400. The number of hydrogen-bond acceptors (Lipinski definition) is 11. The molecule has 16 heteroatoms. The van der Waals surface area contributed by atoms with Gasteiger partial charge in [-0.05, 0) is 67.1 Å². The van der Waals surface area contributed by atoms with E-state index in [2.05, 4.69) is 4.90 Å². The Labute approximate surface area is 325 Å². The molecule has 298 valence electrons. The molecule has 3 aliphatic rings. The molecule has 0 bridgehead atoms. The molecule has 0 radical (unpaired) electrons. The van der Waals surface area contributed by atoms with Gasteiger partial charge in [0.15, 0.2) is 17.3 Å². The second kappa shape index (κ2) is 16.9. The van der Waals surface area contributed by atoms with E-state index in [1.165, 1.54) is 19.2 Å². The van der Waals surface area contributed by atoms with Crippen LogP contribution in [0, 0.1) is 6.92 Å². The lowest BCUT2D eigenvalue weighted by atomic mass is 9.93. The molecule has 7 rings (SSSR count). The summed E-state index contributed by atoms with van der Waals surface area (Å²) in [5.74, 6) is 1.19. The zero-order valence-corrected chi connectivity index (χ0v) is 32.5. The van der Waals surface area contributed by atoms with Crippen molar-refractivity contribution in [3.05, 3.63) is 112 Å². The van der Waals surface area contributed by atoms with Gasteiger partial charge in [-0.2, -0.15) is 4.31 Å². The van der Waals surface area contributed by atoms with Gasteiger partial charge in [-0.1, -0.05) is 24.3 Å². The summed E-state index contributed by atoms with van der Waals surface area (Å²) >= 11 is 0. The Morgan fingerprint density at radius 3 is 2.41 bits per heavy atom. The SMILES string of the molecule is COc1ccc(S(=O)(=O)N(CCO)CCOC2CC(c3c(C)n(C)n(-c4ccccc4)c3=O)C=C(C(=O)N3CCN(Cc4ccc5c(c4)OCO5)CC3)O2)cc1. The van der Waals surface area contributed by atoms with Crippen molar-refractivity contribution < 1.29 is 42.0 Å². The average Bonchev–Trinajstić information content (AvgIpc) is 3.77. The number of allylic oxidation sites excluding steroid dienone is 1. The maximum atomic E-state index is 14.1. The molecule has 0 spiro atoms. The third kappa shape index (κ3) is 8.20. The van der Waals surface area contributed by atoms with Gasteiger partial charge in [0.1, 0.15) is 5.75 Å². The number of sulfonamides is 1. The van der Waals surface area contributed by atoms with Crippen molar-refractivity contribution in [1.82, 2.24) is 23.5 Å². The first-order valence-corrected chi connectivity index (χ1v) is 20.0. The van der Waals surface area contributed by atoms with Crippen molar-refractivity contribution in [2.45, 2.75) is 37.0 Å². The number of rotatable bonds is 14. The molecule has 2 unspecified atom stereocenters. The van der Waals surface area contributed by atoms with Crippen molar-refractivity contribution >= 4 is 15.9 Å². The lowest BCUT2D eigenvalue weighted by Gasteiger charge is -2.36. The number of amides is 1. The topological polar surface area (TPSA) is 154 Å². The third-order valence-electron chi connectivity index (χ3n) is 10.4. The molecule has 3 aromatic carbocycles. The fourth-order valence-corrected chi connectivity index (χ4v) is 8.75. The van der Waals surface area contributed by atoms with E-state index >= 15 is 0 Å². The summed E-state index contributed by atoms with van der Waals surface area (Å²) in [5.41, 5.74) is 2.81. The van der Waals surface area contributed by atoms with Crippen LogP contribution in [0.25, 0.3) is 5.69 Å². The van der Waals surface area contributed by atoms with Gasteiger partial charge in [-0.25, -0.2) is 13.1 Å². The predicted octanol–water partition coefficient (Wildman–Crippen LogP) is 2.98. The maximum absolute atomic E-state index is 14.1. The number of hydrogen-bond donors (Lipinski definition) is 1. The van der Waals surface area contributed by atoms with E-state index in [9.17, 15) is 23.1 Å². The molecule has 2 atom stereocenters. The summed E-state index contributed by atoms with van der Waals surface area (Å²) in [6.45, 7) is 4.23. The van der Waals surface area contributed by atoms with Crippen LogP contribution in [-0.2, 0) is 37.9 Å². The van der Waals surface area contributed by atoms with Gasteiger partial charge < -0.3 is 33.7 Å². The van der Waals surface area contributed by atoms with Crippen molar-refractivity contribution in [2.24, 2.45) is 7.05 Å². The molecule has 0 saturated carbocycles. The van der Waals surface area contributed by atoms with Crippen molar-refractivity contribution in [3.63, 3.8) is 0 Å². The highest BCUT2D eigenvalue weighted by molar-refractivity contribution is 7.89. The number of aromatic nitrogens is 2. The van der Waals surface area contributed by atoms with Crippen LogP contribution in [0.1, 0.15) is 29.2 Å². The number of fused-ring (bicyclic) bond motifs is 1. The highest BCUT2D eigenvalue weighted by Gasteiger charge is 2.36. The van der Waals surface area contributed by atoms with Gasteiger partial charge in [0.05, 0.1) is 30.9 Å². The van der Waals surface area contributed by atoms with E-state index in [0.29, 0.717) is 49.7 Å². The Kier molecular flexibility index (Phi) is 11.8. The first kappa shape index (κ1) is 39.1. The number of benzene rings is 3. The molecular formula is C40H47N5O10S. The van der Waals surface area contributed by atoms with Crippen molar-refractivity contribution in [1.29, 1.82) is 0 Å². The first-order valence-electron chi connectivity index (χ1n) is 18.6. The highest BCUT2D eigenvalue weighted by Crippen LogP contribution is 2.34. The van der Waals surface area contributed by atoms with Gasteiger partial charge in [-0.3, -0.25) is 19.2 Å². The summed E-state index contributed by atoms with van der Waals surface area (Å²) in [6.07, 6.45) is 0.951. The van der Waals surface area contributed by atoms with Crippen LogP contribution in [0.15, 0.2) is 94.3 Å². The number of para-hydroxylation sites is 1. The van der Waals surface area contributed by atoms with Crippen molar-refractivity contribution in [3.8, 4) is 22.9 Å². The van der Waals surface area contributed by atoms with Gasteiger partial charge >= 0.3 is 0 Å². The Balaban J connectivity index is 1.09. The van der Waals surface area contributed by atoms with E-state index in [1.807, 2.05) is 62.5 Å². The van der Waals surface area contributed by atoms with Crippen LogP contribution < -0.4 is 19.8 Å². The smallest absolute Gasteiger partial charge is 0.288 e. The predicted molar refractivity (Wildman–Crippen MR) is 205 cm³/mol. The number of ether oxygens (including phenoxy) is 5. The molecule has 1 fully saturated rings. The van der Waals surface area contributed by atoms with E-state index in [0.717, 1.165) is 27.1 Å². The lowest BCUT2D eigenvalue weighted by Crippen LogP contribution is -2.49. The molecule has 3 aliphatic heterocycles. The molecule has 1 N–H and O–H groups in total. The standard InChI is InChI=1S/C40H47N5O10S/c1-28-38(40(48)45(41(28)2)31-7-5-4-6-8-31)30-24-36(39(47)43-17-15-42(16-18-43)26-29-9-14-34-35(23-29)54-27-53-34)55-37(25-30)52-22-20-44(19-21-46)56(49,50)33-12-10-32(51-3)11-13-33/h4-14,23-24,30,37,46H,15-22,25-27H2,1-3H3. The Morgan fingerprint density at radius 1 is 0.964 bits per heavy atom. The zero-order valence-electron chi connectivity index (χ0n) is 31.7. The number of carbonyl (C=O) groups is 1. The quantitative estimate of drug-likeness (QED) is 0.201. The van der Waals surface area contributed by atoms with Crippen LogP contribution in [0.5, 0.6) is 17.2 Å². The summed E-state index contributed by atoms with van der Waals surface area (Å²) in [5, 5.41) is 9.75. The van der Waals surface area contributed by atoms with E-state index < -0.39 is 28.8 Å². The summed E-state index contributed by atoms with van der Waals surface area (Å²) < 4.78 is 60.1. The lowest BCUT2D eigenvalue weighted by molar-refractivity contribution is -0.154. The van der Waals surface area contributed by atoms with Crippen LogP contribution in [0.2, 0.25) is 0 Å². The third-order valence-corrected chi connectivity index (χ3v) is 12.3. The number of methoxy groups -OCH3 is 1. The summed E-state index contributed by atoms with van der Waals surface area (Å²) in [6, 6.07) is 21.2. The van der Waals surface area contributed by atoms with Crippen LogP contribution in [0.4, 0.5) is 0 Å². The molecule has 4 heterocycles. The van der Waals surface area contributed by atoms with E-state index in [4.69, 9.17) is 23.7 Å². The monoisotopic (exact) mass is 789 g/mol. The number of aliphatic hydroxyl groups excluding tert-OH is 1. The summed E-state index contributed by atoms with van der Waals surface area (Å²) in [4.78, 5) is 32.3. The minimum Gasteiger partial charge on any atom is -0.497 e. The number of carbonyl (C=O) groups excluding carboxylic acids is 1. The van der Waals surface area contributed by atoms with Crippen LogP contribution >= 0.6 is 0 Å². The van der Waals surface area contributed by atoms with Crippen molar-refractivity contribution in [2.75, 3.05) is 66.4 Å². The van der Waals surface area contributed by atoms with Gasteiger partial charge in [0, 0.05) is 76.5 Å². The molecule has 15 nitrogen and oxygen atoms in total. The molecule has 1 saturated heterocycles. The fourth-order valence-electron chi connectivity index (χ4n) is 7.34. The van der Waals surface area contributed by atoms with E-state index in [-0.39, 0.29) is 55.0 Å². The molecule has 1 amide bonds. The van der Waals surface area contributed by atoms with Gasteiger partial charge in [0.25, 0.3) is 11.5 Å². The largest absolute Gasteiger partial charge is 0.497 e. The molecule has 56 heavy (non-hydrogen) atoms. The minimum atomic E-state index is -3.99. The number of nitrogens with zero attached hydrogens (tertiary/aromatic N) is 5. The molecular weight excluding hydrogens is 743 g/mol. The second-order valence-electron chi connectivity index (χ2n) is 13.8. The zero-order chi connectivity index (χ0) is 39.4. The summed E-state index contributed by atoms with van der Waals surface area (Å²) in [7, 11) is -0.677. The van der Waals surface area contributed by atoms with Crippen LogP contribution in [-0.4, -0.2) is 116 Å². The molecule has 0 aliphatic carbocycles. The Morgan fingerprint density at radius 2 is 1.70 bits per heavy atom. The number of aliphatic hydroxyl groups is 1. The average molecular weight is 790 g/mol. The second-order valence-corrected chi connectivity index (χ2v) is 15.8. The van der Waals surface area contributed by atoms with Crippen LogP contribution in [0.3, 0.4) is 0 Å².